The van der Waals surface area contributed by atoms with E-state index >= 15 is 0 Å². The summed E-state index contributed by atoms with van der Waals surface area (Å²) in [6.45, 7) is 2.49. The fraction of sp³-hybridized carbons (Fsp3) is 0.200. The fourth-order valence-corrected chi connectivity index (χ4v) is 2.91. The fourth-order valence-electron chi connectivity index (χ4n) is 2.91. The summed E-state index contributed by atoms with van der Waals surface area (Å²) < 4.78 is 22.5. The van der Waals surface area contributed by atoms with Crippen LogP contribution >= 0.6 is 0 Å². The predicted octanol–water partition coefficient (Wildman–Crippen LogP) is 2.91. The van der Waals surface area contributed by atoms with Crippen molar-refractivity contribution in [3.63, 3.8) is 0 Å². The number of hydrogen-bond acceptors (Lipinski definition) is 6. The van der Waals surface area contributed by atoms with Gasteiger partial charge in [-0.05, 0) is 25.1 Å². The molecule has 3 heterocycles. The van der Waals surface area contributed by atoms with E-state index in [0.29, 0.717) is 23.5 Å². The molecule has 0 aliphatic rings. The Labute approximate surface area is 165 Å². The summed E-state index contributed by atoms with van der Waals surface area (Å²) in [6.07, 6.45) is 3.37. The largest absolute Gasteiger partial charge is 0.448 e. The molecule has 0 aliphatic heterocycles. The molecule has 3 aromatic heterocycles. The van der Waals surface area contributed by atoms with Crippen molar-refractivity contribution in [1.29, 1.82) is 0 Å². The molecule has 0 radical (unpaired) electrons. The standard InChI is InChI=1S/C20H19FN6O2/c1-12-14(11-24-27(12)3)10-23-20-22-9-13-8-17(19(28)26(2)18(13)25-20)29-16-7-5-4-6-15(16)21/h4-9,11H,10H2,1-3H3,(H,22,23,25). The third-order valence-electron chi connectivity index (χ3n) is 4.75. The molecule has 0 bridgehead atoms. The van der Waals surface area contributed by atoms with Crippen molar-refractivity contribution in [1.82, 2.24) is 24.3 Å². The second-order valence-corrected chi connectivity index (χ2v) is 6.61. The zero-order valence-corrected chi connectivity index (χ0v) is 16.2. The lowest BCUT2D eigenvalue weighted by Gasteiger charge is -2.11. The van der Waals surface area contributed by atoms with E-state index in [9.17, 15) is 9.18 Å². The topological polar surface area (TPSA) is 86.9 Å². The first-order chi connectivity index (χ1) is 13.9. The highest BCUT2D eigenvalue weighted by Gasteiger charge is 2.13. The first kappa shape index (κ1) is 18.6. The Balaban J connectivity index is 1.64. The molecule has 29 heavy (non-hydrogen) atoms. The highest BCUT2D eigenvalue weighted by Crippen LogP contribution is 2.24. The number of para-hydroxylation sites is 1. The van der Waals surface area contributed by atoms with Gasteiger partial charge in [-0.2, -0.15) is 10.1 Å². The first-order valence-corrected chi connectivity index (χ1v) is 8.94. The molecule has 148 valence electrons. The summed E-state index contributed by atoms with van der Waals surface area (Å²) in [6, 6.07) is 7.43. The third kappa shape index (κ3) is 3.54. The molecule has 0 saturated carbocycles. The van der Waals surface area contributed by atoms with Crippen LogP contribution in [0.5, 0.6) is 11.5 Å². The number of halogens is 1. The lowest BCUT2D eigenvalue weighted by atomic mass is 10.2. The SMILES string of the molecule is Cc1c(CNc2ncc3cc(Oc4ccccc4F)c(=O)n(C)c3n2)cnn1C. The average molecular weight is 394 g/mol. The van der Waals surface area contributed by atoms with E-state index in [2.05, 4.69) is 20.4 Å². The molecule has 0 atom stereocenters. The van der Waals surface area contributed by atoms with Gasteiger partial charge in [0.1, 0.15) is 5.65 Å². The predicted molar refractivity (Wildman–Crippen MR) is 107 cm³/mol. The van der Waals surface area contributed by atoms with Gasteiger partial charge in [-0.25, -0.2) is 9.37 Å². The Morgan fingerprint density at radius 2 is 1.97 bits per heavy atom. The molecule has 4 rings (SSSR count). The molecule has 9 heteroatoms. The third-order valence-corrected chi connectivity index (χ3v) is 4.75. The maximum atomic E-state index is 13.9. The second-order valence-electron chi connectivity index (χ2n) is 6.61. The summed E-state index contributed by atoms with van der Waals surface area (Å²) in [5.74, 6) is -0.176. The van der Waals surface area contributed by atoms with Crippen LogP contribution < -0.4 is 15.6 Å². The van der Waals surface area contributed by atoms with Crippen LogP contribution in [-0.4, -0.2) is 24.3 Å². The van der Waals surface area contributed by atoms with Gasteiger partial charge in [0.15, 0.2) is 17.3 Å². The van der Waals surface area contributed by atoms with Gasteiger partial charge >= 0.3 is 0 Å². The summed E-state index contributed by atoms with van der Waals surface area (Å²) in [5.41, 5.74) is 2.09. The van der Waals surface area contributed by atoms with E-state index in [1.54, 1.807) is 36.3 Å². The summed E-state index contributed by atoms with van der Waals surface area (Å²) >= 11 is 0. The Morgan fingerprint density at radius 1 is 1.17 bits per heavy atom. The van der Waals surface area contributed by atoms with E-state index < -0.39 is 11.4 Å². The lowest BCUT2D eigenvalue weighted by molar-refractivity contribution is 0.434. The van der Waals surface area contributed by atoms with E-state index in [0.717, 1.165) is 11.3 Å². The van der Waals surface area contributed by atoms with Gasteiger partial charge in [-0.1, -0.05) is 12.1 Å². The van der Waals surface area contributed by atoms with Crippen LogP contribution in [0.3, 0.4) is 0 Å². The van der Waals surface area contributed by atoms with Crippen LogP contribution in [-0.2, 0) is 20.6 Å². The number of pyridine rings is 1. The molecule has 0 fully saturated rings. The molecular formula is C20H19FN6O2. The van der Waals surface area contributed by atoms with Crippen LogP contribution in [0, 0.1) is 12.7 Å². The molecule has 0 saturated heterocycles. The van der Waals surface area contributed by atoms with Crippen LogP contribution in [0.4, 0.5) is 10.3 Å². The minimum atomic E-state index is -0.545. The first-order valence-electron chi connectivity index (χ1n) is 8.94. The van der Waals surface area contributed by atoms with Gasteiger partial charge in [0, 0.05) is 43.5 Å². The van der Waals surface area contributed by atoms with E-state index in [4.69, 9.17) is 4.74 Å². The number of nitrogens with one attached hydrogen (secondary N) is 1. The number of nitrogens with zero attached hydrogens (tertiary/aromatic N) is 5. The zero-order chi connectivity index (χ0) is 20.5. The zero-order valence-electron chi connectivity index (χ0n) is 16.2. The quantitative estimate of drug-likeness (QED) is 0.560. The highest BCUT2D eigenvalue weighted by molar-refractivity contribution is 5.76. The molecule has 1 N–H and O–H groups in total. The average Bonchev–Trinajstić information content (AvgIpc) is 3.04. The number of aromatic nitrogens is 5. The Hall–Kier alpha value is -3.75. The second kappa shape index (κ2) is 7.34. The summed E-state index contributed by atoms with van der Waals surface area (Å²) in [5, 5.41) is 7.95. The van der Waals surface area contributed by atoms with Gasteiger partial charge in [0.05, 0.1) is 6.20 Å². The molecule has 4 aromatic rings. The van der Waals surface area contributed by atoms with Gasteiger partial charge in [-0.3, -0.25) is 14.0 Å². The van der Waals surface area contributed by atoms with E-state index in [-0.39, 0.29) is 11.5 Å². The summed E-state index contributed by atoms with van der Waals surface area (Å²) in [4.78, 5) is 21.4. The smallest absolute Gasteiger partial charge is 0.294 e. The Bertz CT molecular complexity index is 1260. The van der Waals surface area contributed by atoms with Crippen molar-refractivity contribution in [3.8, 4) is 11.5 Å². The number of ether oxygens (including phenoxy) is 1. The molecule has 0 amide bonds. The van der Waals surface area contributed by atoms with E-state index in [1.807, 2.05) is 14.0 Å². The molecule has 0 spiro atoms. The number of aryl methyl sites for hydroxylation is 2. The van der Waals surface area contributed by atoms with Gasteiger partial charge in [0.25, 0.3) is 5.56 Å². The molecule has 0 aliphatic carbocycles. The van der Waals surface area contributed by atoms with Crippen molar-refractivity contribution in [2.24, 2.45) is 14.1 Å². The number of anilines is 1. The number of hydrogen-bond donors (Lipinski definition) is 1. The summed E-state index contributed by atoms with van der Waals surface area (Å²) in [7, 11) is 3.46. The van der Waals surface area contributed by atoms with Crippen molar-refractivity contribution < 1.29 is 9.13 Å². The molecule has 8 nitrogen and oxygen atoms in total. The normalized spacial score (nSPS) is 11.0. The Kier molecular flexibility index (Phi) is 4.71. The minimum absolute atomic E-state index is 0.000365. The highest BCUT2D eigenvalue weighted by atomic mass is 19.1. The minimum Gasteiger partial charge on any atom is -0.448 e. The monoisotopic (exact) mass is 394 g/mol. The molecular weight excluding hydrogens is 375 g/mol. The van der Waals surface area contributed by atoms with Crippen molar-refractivity contribution in [2.45, 2.75) is 13.5 Å². The van der Waals surface area contributed by atoms with Gasteiger partial charge < -0.3 is 10.1 Å². The number of benzene rings is 1. The van der Waals surface area contributed by atoms with E-state index in [1.165, 1.54) is 22.8 Å². The number of rotatable bonds is 5. The van der Waals surface area contributed by atoms with Gasteiger partial charge in [0.2, 0.25) is 5.95 Å². The van der Waals surface area contributed by atoms with Crippen molar-refractivity contribution >= 4 is 17.0 Å². The van der Waals surface area contributed by atoms with Crippen LogP contribution in [0.25, 0.3) is 11.0 Å². The maximum Gasteiger partial charge on any atom is 0.294 e. The van der Waals surface area contributed by atoms with Crippen molar-refractivity contribution in [2.75, 3.05) is 5.32 Å². The van der Waals surface area contributed by atoms with Crippen LogP contribution in [0.1, 0.15) is 11.3 Å². The van der Waals surface area contributed by atoms with Gasteiger partial charge in [-0.15, -0.1) is 0 Å². The lowest BCUT2D eigenvalue weighted by Crippen LogP contribution is -2.20. The van der Waals surface area contributed by atoms with Crippen LogP contribution in [0.15, 0.2) is 47.5 Å². The number of fused-ring (bicyclic) bond motifs is 1. The Morgan fingerprint density at radius 3 is 2.69 bits per heavy atom. The maximum absolute atomic E-state index is 13.9. The molecule has 0 unspecified atom stereocenters. The molecule has 1 aromatic carbocycles. The van der Waals surface area contributed by atoms with Crippen molar-refractivity contribution in [3.05, 3.63) is 70.2 Å². The van der Waals surface area contributed by atoms with Crippen LogP contribution in [0.2, 0.25) is 0 Å².